The first-order chi connectivity index (χ1) is 6.28. The third-order valence-electron chi connectivity index (χ3n) is 3.21. The summed E-state index contributed by atoms with van der Waals surface area (Å²) in [6, 6.07) is 0. The molecule has 0 aromatic carbocycles. The Labute approximate surface area is 91.6 Å². The van der Waals surface area contributed by atoms with Gasteiger partial charge in [-0.25, -0.2) is 0 Å². The van der Waals surface area contributed by atoms with Crippen LogP contribution < -0.4 is 0 Å². The third-order valence-corrected chi connectivity index (χ3v) is 6.62. The molecule has 0 amide bonds. The molecule has 0 saturated carbocycles. The van der Waals surface area contributed by atoms with Crippen LogP contribution in [0.5, 0.6) is 0 Å². The van der Waals surface area contributed by atoms with Crippen LogP contribution in [0, 0.1) is 0 Å². The molecule has 85 valence electrons. The van der Waals surface area contributed by atoms with Crippen molar-refractivity contribution in [3.8, 4) is 0 Å². The van der Waals surface area contributed by atoms with Crippen LogP contribution in [0.1, 0.15) is 67.2 Å². The summed E-state index contributed by atoms with van der Waals surface area (Å²) in [5.41, 5.74) is 0. The van der Waals surface area contributed by atoms with E-state index in [1.807, 2.05) is 0 Å². The van der Waals surface area contributed by atoms with Gasteiger partial charge in [0.25, 0.3) is 0 Å². The normalized spacial score (nSPS) is 13.7. The second-order valence-corrected chi connectivity index (χ2v) is 9.74. The van der Waals surface area contributed by atoms with Crippen LogP contribution in [0.2, 0.25) is 10.1 Å². The van der Waals surface area contributed by atoms with Crippen molar-refractivity contribution >= 4 is 9.04 Å². The Morgan fingerprint density at radius 2 is 1.14 bits per heavy atom. The van der Waals surface area contributed by atoms with Crippen LogP contribution in [0.4, 0.5) is 0 Å². The molecule has 2 heteroatoms. The lowest BCUT2D eigenvalue weighted by molar-refractivity contribution is 0.341. The predicted molar refractivity (Wildman–Crippen MR) is 65.7 cm³/mol. The van der Waals surface area contributed by atoms with Gasteiger partial charge in [0.1, 0.15) is 0 Å². The topological polar surface area (TPSA) is 19.9 Å². The van der Waals surface area contributed by atoms with Gasteiger partial charge in [0.2, 0.25) is 9.04 Å². The maximum absolute atomic E-state index is 12.5. The number of hydrogen-bond donors (Lipinski definition) is 0. The van der Waals surface area contributed by atoms with Crippen molar-refractivity contribution in [1.29, 1.82) is 0 Å². The Hall–Kier alpha value is 0.177. The highest BCUT2D eigenvalue weighted by molar-refractivity contribution is 6.57. The van der Waals surface area contributed by atoms with E-state index in [4.69, 9.17) is 0 Å². The predicted octanol–water partition coefficient (Wildman–Crippen LogP) is 4.30. The van der Waals surface area contributed by atoms with Gasteiger partial charge in [0.05, 0.1) is 0 Å². The summed E-state index contributed by atoms with van der Waals surface area (Å²) in [7, 11) is -1.91. The van der Waals surface area contributed by atoms with Gasteiger partial charge in [-0.3, -0.25) is 0 Å². The van der Waals surface area contributed by atoms with Crippen LogP contribution in [0.15, 0.2) is 0 Å². The minimum Gasteiger partial charge on any atom is -0.301 e. The average molecular weight is 215 g/mol. The van der Waals surface area contributed by atoms with Crippen LogP contribution in [0.3, 0.4) is 0 Å². The highest BCUT2D eigenvalue weighted by Crippen LogP contribution is 2.46. The van der Waals surface area contributed by atoms with Gasteiger partial charge >= 0.3 is 0 Å². The van der Waals surface area contributed by atoms with E-state index in [0.29, 0.717) is 0 Å². The molecule has 0 rings (SSSR count). The van der Waals surface area contributed by atoms with E-state index >= 15 is 0 Å². The zero-order chi connectivity index (χ0) is 11.4. The van der Waals surface area contributed by atoms with Gasteiger partial charge in [-0.15, -0.1) is 0 Å². The Kier molecular flexibility index (Phi) is 5.38. The first-order valence-corrected chi connectivity index (χ1v) is 7.56. The van der Waals surface area contributed by atoms with E-state index in [1.54, 1.807) is 0 Å². The zero-order valence-electron chi connectivity index (χ0n) is 10.8. The zero-order valence-corrected chi connectivity index (χ0v) is 12.0. The minimum atomic E-state index is -1.91. The fraction of sp³-hybridized carbons (Fsp3) is 1.00. The molecular formula is C12H27OSi. The van der Waals surface area contributed by atoms with Crippen molar-refractivity contribution in [3.05, 3.63) is 0 Å². The molecule has 14 heavy (non-hydrogen) atoms. The standard InChI is InChI=1S/C12H27OSi/c1-7-9-11(3,4)14(13)12(5,6)10-8-2/h14H,7-10H2,1-6H3. The van der Waals surface area contributed by atoms with Crippen molar-refractivity contribution in [2.75, 3.05) is 0 Å². The summed E-state index contributed by atoms with van der Waals surface area (Å²) in [6.45, 7) is 13.1. The Morgan fingerprint density at radius 3 is 1.36 bits per heavy atom. The van der Waals surface area contributed by atoms with Crippen LogP contribution >= 0.6 is 0 Å². The number of rotatable bonds is 6. The molecule has 0 unspecified atom stereocenters. The van der Waals surface area contributed by atoms with Crippen LogP contribution in [0.25, 0.3) is 0 Å². The molecule has 1 radical (unpaired) electrons. The summed E-state index contributed by atoms with van der Waals surface area (Å²) < 4.78 is 0. The summed E-state index contributed by atoms with van der Waals surface area (Å²) in [5, 5.41) is 0.154. The van der Waals surface area contributed by atoms with Gasteiger partial charge in [0, 0.05) is 0 Å². The maximum atomic E-state index is 12.5. The second kappa shape index (κ2) is 5.31. The Balaban J connectivity index is 4.49. The smallest absolute Gasteiger partial charge is 0.233 e. The van der Waals surface area contributed by atoms with E-state index in [2.05, 4.69) is 41.5 Å². The lowest BCUT2D eigenvalue weighted by Crippen LogP contribution is -2.37. The maximum Gasteiger partial charge on any atom is 0.233 e. The lowest BCUT2D eigenvalue weighted by Gasteiger charge is -2.37. The molecule has 0 aromatic rings. The van der Waals surface area contributed by atoms with Gasteiger partial charge in [-0.1, -0.05) is 54.4 Å². The van der Waals surface area contributed by atoms with E-state index < -0.39 is 9.04 Å². The van der Waals surface area contributed by atoms with Gasteiger partial charge in [-0.2, -0.15) is 0 Å². The van der Waals surface area contributed by atoms with Crippen LogP contribution in [-0.2, 0) is 4.80 Å². The molecule has 0 fully saturated rings. The molecule has 0 aliphatic carbocycles. The van der Waals surface area contributed by atoms with Crippen molar-refractivity contribution < 1.29 is 4.80 Å². The SMILES string of the molecule is CCCC(C)(C)[SiH]([O])C(C)(C)CCC. The quantitative estimate of drug-likeness (QED) is 0.589. The summed E-state index contributed by atoms with van der Waals surface area (Å²) in [5.74, 6) is 0. The molecule has 0 heterocycles. The molecule has 0 N–H and O–H groups in total. The second-order valence-electron chi connectivity index (χ2n) is 5.86. The summed E-state index contributed by atoms with van der Waals surface area (Å²) >= 11 is 0. The van der Waals surface area contributed by atoms with E-state index in [-0.39, 0.29) is 10.1 Å². The van der Waals surface area contributed by atoms with Crippen molar-refractivity contribution in [2.24, 2.45) is 0 Å². The van der Waals surface area contributed by atoms with Gasteiger partial charge in [-0.05, 0) is 22.9 Å². The summed E-state index contributed by atoms with van der Waals surface area (Å²) in [6.07, 6.45) is 4.48. The minimum absolute atomic E-state index is 0.0768. The number of hydrogen-bond acceptors (Lipinski definition) is 0. The van der Waals surface area contributed by atoms with Crippen molar-refractivity contribution in [1.82, 2.24) is 0 Å². The third kappa shape index (κ3) is 3.74. The largest absolute Gasteiger partial charge is 0.301 e. The molecule has 0 aliphatic rings. The molecule has 0 aromatic heterocycles. The van der Waals surface area contributed by atoms with E-state index in [1.165, 1.54) is 0 Å². The molecule has 0 bridgehead atoms. The van der Waals surface area contributed by atoms with Gasteiger partial charge < -0.3 is 4.80 Å². The molecule has 0 aliphatic heterocycles. The molecule has 0 saturated heterocycles. The van der Waals surface area contributed by atoms with E-state index in [9.17, 15) is 4.80 Å². The highest BCUT2D eigenvalue weighted by Gasteiger charge is 2.42. The van der Waals surface area contributed by atoms with Gasteiger partial charge in [0.15, 0.2) is 0 Å². The van der Waals surface area contributed by atoms with Crippen LogP contribution in [-0.4, -0.2) is 9.04 Å². The summed E-state index contributed by atoms with van der Waals surface area (Å²) in [4.78, 5) is 12.5. The molecular weight excluding hydrogens is 188 g/mol. The fourth-order valence-electron chi connectivity index (χ4n) is 2.61. The Bertz CT molecular complexity index is 146. The van der Waals surface area contributed by atoms with E-state index in [0.717, 1.165) is 25.7 Å². The van der Waals surface area contributed by atoms with Crippen molar-refractivity contribution in [3.63, 3.8) is 0 Å². The Morgan fingerprint density at radius 1 is 0.857 bits per heavy atom. The fourth-order valence-corrected chi connectivity index (χ4v) is 5.83. The lowest BCUT2D eigenvalue weighted by atomic mass is 10.1. The molecule has 1 nitrogen and oxygen atoms in total. The first-order valence-electron chi connectivity index (χ1n) is 5.93. The monoisotopic (exact) mass is 215 g/mol. The molecule has 0 atom stereocenters. The highest BCUT2D eigenvalue weighted by atomic mass is 28.3. The first kappa shape index (κ1) is 14.2. The molecule has 0 spiro atoms. The van der Waals surface area contributed by atoms with Crippen molar-refractivity contribution in [2.45, 2.75) is 77.3 Å². The average Bonchev–Trinajstić information content (AvgIpc) is 2.02.